The maximum atomic E-state index is 11.7. The molecule has 4 heteroatoms. The third-order valence-electron chi connectivity index (χ3n) is 2.80. The van der Waals surface area contributed by atoms with E-state index in [1.54, 1.807) is 7.11 Å². The average Bonchev–Trinajstić information content (AvgIpc) is 2.12. The van der Waals surface area contributed by atoms with Gasteiger partial charge in [-0.25, -0.2) is 0 Å². The minimum absolute atomic E-state index is 0.0578. The molecule has 0 aromatic heterocycles. The lowest BCUT2D eigenvalue weighted by molar-refractivity contribution is -0.182. The fourth-order valence-corrected chi connectivity index (χ4v) is 1.98. The molecular weight excluding hydrogens is 194 g/mol. The molecule has 0 spiro atoms. The lowest BCUT2D eigenvalue weighted by atomic mass is 9.99. The van der Waals surface area contributed by atoms with Gasteiger partial charge in [-0.3, -0.25) is 9.69 Å². The first-order valence-corrected chi connectivity index (χ1v) is 5.48. The van der Waals surface area contributed by atoms with E-state index in [2.05, 4.69) is 6.92 Å². The van der Waals surface area contributed by atoms with Gasteiger partial charge >= 0.3 is 5.97 Å². The molecule has 3 unspecified atom stereocenters. The summed E-state index contributed by atoms with van der Waals surface area (Å²) in [5.74, 6) is -0.168. The topological polar surface area (TPSA) is 38.8 Å². The van der Waals surface area contributed by atoms with Crippen molar-refractivity contribution in [3.63, 3.8) is 0 Å². The summed E-state index contributed by atoms with van der Waals surface area (Å²) >= 11 is 0. The molecule has 0 radical (unpaired) electrons. The zero-order valence-corrected chi connectivity index (χ0v) is 10.2. The number of ether oxygens (including phenoxy) is 2. The Morgan fingerprint density at radius 3 is 2.40 bits per heavy atom. The first-order valence-electron chi connectivity index (χ1n) is 5.48. The molecule has 15 heavy (non-hydrogen) atoms. The molecule has 0 bridgehead atoms. The van der Waals surface area contributed by atoms with E-state index in [-0.39, 0.29) is 24.3 Å². The Kier molecular flexibility index (Phi) is 4.11. The highest BCUT2D eigenvalue weighted by atomic mass is 16.5. The second-order valence-electron chi connectivity index (χ2n) is 4.38. The van der Waals surface area contributed by atoms with Crippen molar-refractivity contribution in [3.05, 3.63) is 0 Å². The van der Waals surface area contributed by atoms with E-state index in [9.17, 15) is 4.79 Å². The summed E-state index contributed by atoms with van der Waals surface area (Å²) in [6.45, 7) is 7.68. The summed E-state index contributed by atoms with van der Waals surface area (Å²) in [5.41, 5.74) is 0. The molecule has 4 nitrogen and oxygen atoms in total. The molecule has 0 aliphatic carbocycles. The molecule has 88 valence electrons. The Morgan fingerprint density at radius 2 is 2.00 bits per heavy atom. The summed E-state index contributed by atoms with van der Waals surface area (Å²) in [7, 11) is 1.67. The van der Waals surface area contributed by atoms with Gasteiger partial charge in [-0.15, -0.1) is 0 Å². The normalized spacial score (nSPS) is 28.7. The number of carbonyl (C=O) groups is 1. The minimum atomic E-state index is -0.221. The van der Waals surface area contributed by atoms with E-state index in [0.29, 0.717) is 6.04 Å². The smallest absolute Gasteiger partial charge is 0.323 e. The largest absolute Gasteiger partial charge is 0.462 e. The first-order chi connectivity index (χ1) is 6.97. The van der Waals surface area contributed by atoms with Crippen LogP contribution in [0.2, 0.25) is 0 Å². The predicted molar refractivity (Wildman–Crippen MR) is 57.4 cm³/mol. The molecule has 1 aliphatic rings. The highest BCUT2D eigenvalue weighted by Crippen LogP contribution is 2.28. The van der Waals surface area contributed by atoms with Crippen LogP contribution >= 0.6 is 0 Å². The van der Waals surface area contributed by atoms with E-state index in [0.717, 1.165) is 6.42 Å². The number of nitrogens with zero attached hydrogens (tertiary/aromatic N) is 1. The van der Waals surface area contributed by atoms with Crippen molar-refractivity contribution in [2.45, 2.75) is 58.5 Å². The lowest BCUT2D eigenvalue weighted by Gasteiger charge is -2.48. The molecule has 1 aliphatic heterocycles. The van der Waals surface area contributed by atoms with Gasteiger partial charge in [0.15, 0.2) is 0 Å². The van der Waals surface area contributed by atoms with E-state index in [1.807, 2.05) is 25.7 Å². The number of esters is 1. The number of rotatable bonds is 4. The zero-order chi connectivity index (χ0) is 11.6. The molecule has 1 fully saturated rings. The predicted octanol–water partition coefficient (Wildman–Crippen LogP) is 1.39. The highest BCUT2D eigenvalue weighted by Gasteiger charge is 2.41. The third-order valence-corrected chi connectivity index (χ3v) is 2.80. The number of hydrogen-bond donors (Lipinski definition) is 0. The van der Waals surface area contributed by atoms with Crippen LogP contribution in [0.15, 0.2) is 0 Å². The fourth-order valence-electron chi connectivity index (χ4n) is 1.98. The minimum Gasteiger partial charge on any atom is -0.462 e. The van der Waals surface area contributed by atoms with Gasteiger partial charge in [0.05, 0.1) is 6.10 Å². The van der Waals surface area contributed by atoms with E-state index in [4.69, 9.17) is 9.47 Å². The van der Waals surface area contributed by atoms with Gasteiger partial charge in [0.2, 0.25) is 0 Å². The van der Waals surface area contributed by atoms with Crippen LogP contribution in [0, 0.1) is 0 Å². The SMILES string of the molecule is COC1CC(C)N1C(C)C(=O)OC(C)C. The second kappa shape index (κ2) is 4.94. The molecule has 0 aromatic rings. The molecule has 1 heterocycles. The molecule has 1 saturated heterocycles. The first kappa shape index (κ1) is 12.5. The number of methoxy groups -OCH3 is 1. The van der Waals surface area contributed by atoms with E-state index >= 15 is 0 Å². The Morgan fingerprint density at radius 1 is 1.40 bits per heavy atom. The summed E-state index contributed by atoms with van der Waals surface area (Å²) in [4.78, 5) is 13.7. The fraction of sp³-hybridized carbons (Fsp3) is 0.909. The molecule has 0 amide bonds. The van der Waals surface area contributed by atoms with Gasteiger partial charge in [-0.05, 0) is 27.7 Å². The van der Waals surface area contributed by atoms with Gasteiger partial charge in [0.1, 0.15) is 12.3 Å². The van der Waals surface area contributed by atoms with Gasteiger partial charge in [0.25, 0.3) is 0 Å². The standard InChI is InChI=1S/C11H21NO3/c1-7(2)15-11(13)9(4)12-8(3)6-10(12)14-5/h7-10H,6H2,1-5H3. The van der Waals surface area contributed by atoms with Crippen molar-refractivity contribution in [1.82, 2.24) is 4.90 Å². The van der Waals surface area contributed by atoms with Crippen LogP contribution in [0.25, 0.3) is 0 Å². The maximum Gasteiger partial charge on any atom is 0.323 e. The van der Waals surface area contributed by atoms with Gasteiger partial charge < -0.3 is 9.47 Å². The van der Waals surface area contributed by atoms with Crippen molar-refractivity contribution >= 4 is 5.97 Å². The monoisotopic (exact) mass is 215 g/mol. The van der Waals surface area contributed by atoms with Crippen LogP contribution in [0.3, 0.4) is 0 Å². The quantitative estimate of drug-likeness (QED) is 0.664. The van der Waals surface area contributed by atoms with Crippen molar-refractivity contribution in [2.24, 2.45) is 0 Å². The molecule has 1 rings (SSSR count). The van der Waals surface area contributed by atoms with Crippen LogP contribution in [0.1, 0.15) is 34.1 Å². The Balaban J connectivity index is 2.51. The maximum absolute atomic E-state index is 11.7. The summed E-state index contributed by atoms with van der Waals surface area (Å²) < 4.78 is 10.4. The molecule has 0 aromatic carbocycles. The van der Waals surface area contributed by atoms with Crippen molar-refractivity contribution in [2.75, 3.05) is 7.11 Å². The van der Waals surface area contributed by atoms with Crippen molar-refractivity contribution < 1.29 is 14.3 Å². The van der Waals surface area contributed by atoms with Crippen LogP contribution in [0.4, 0.5) is 0 Å². The number of likely N-dealkylation sites (tertiary alicyclic amines) is 1. The second-order valence-corrected chi connectivity index (χ2v) is 4.38. The van der Waals surface area contributed by atoms with Gasteiger partial charge in [0, 0.05) is 19.6 Å². The lowest BCUT2D eigenvalue weighted by Crippen LogP contribution is -2.61. The van der Waals surface area contributed by atoms with Crippen molar-refractivity contribution in [1.29, 1.82) is 0 Å². The van der Waals surface area contributed by atoms with E-state index in [1.165, 1.54) is 0 Å². The zero-order valence-electron chi connectivity index (χ0n) is 10.2. The molecule has 3 atom stereocenters. The average molecular weight is 215 g/mol. The number of hydrogen-bond acceptors (Lipinski definition) is 4. The Labute approximate surface area is 91.5 Å². The van der Waals surface area contributed by atoms with Crippen LogP contribution in [-0.2, 0) is 14.3 Å². The molecule has 0 saturated carbocycles. The molecular formula is C11H21NO3. The van der Waals surface area contributed by atoms with Gasteiger partial charge in [-0.1, -0.05) is 0 Å². The summed E-state index contributed by atoms with van der Waals surface area (Å²) in [6, 6.07) is 0.172. The van der Waals surface area contributed by atoms with Crippen LogP contribution < -0.4 is 0 Å². The van der Waals surface area contributed by atoms with Crippen molar-refractivity contribution in [3.8, 4) is 0 Å². The van der Waals surface area contributed by atoms with Crippen LogP contribution in [0.5, 0.6) is 0 Å². The Hall–Kier alpha value is -0.610. The summed E-state index contributed by atoms with van der Waals surface area (Å²) in [6.07, 6.45) is 0.989. The third kappa shape index (κ3) is 2.69. The molecule has 0 N–H and O–H groups in total. The highest BCUT2D eigenvalue weighted by molar-refractivity contribution is 5.75. The summed E-state index contributed by atoms with van der Waals surface area (Å²) in [5, 5.41) is 0. The van der Waals surface area contributed by atoms with E-state index < -0.39 is 0 Å². The Bertz CT molecular complexity index is 230. The van der Waals surface area contributed by atoms with Gasteiger partial charge in [-0.2, -0.15) is 0 Å². The number of carbonyl (C=O) groups excluding carboxylic acids is 1. The van der Waals surface area contributed by atoms with Crippen LogP contribution in [-0.4, -0.2) is 42.4 Å².